The third kappa shape index (κ3) is 16.9. The highest BCUT2D eigenvalue weighted by molar-refractivity contribution is 7.85. The summed E-state index contributed by atoms with van der Waals surface area (Å²) in [6.07, 6.45) is -5.72. The highest BCUT2D eigenvalue weighted by Crippen LogP contribution is 2.33. The quantitative estimate of drug-likeness (QED) is 0.0720. The lowest BCUT2D eigenvalue weighted by atomic mass is 9.85. The van der Waals surface area contributed by atoms with E-state index in [9.17, 15) is 68.1 Å². The molecule has 8 amide bonds. The number of aromatic amines is 1. The van der Waals surface area contributed by atoms with Gasteiger partial charge < -0.3 is 73.3 Å². The largest absolute Gasteiger partial charge is 0.489 e. The molecule has 26 nitrogen and oxygen atoms in total. The zero-order chi connectivity index (χ0) is 61.9. The molecule has 84 heavy (non-hydrogen) atoms. The number of H-pyrrole nitrogens is 1. The third-order valence-electron chi connectivity index (χ3n) is 15.8. The minimum absolute atomic E-state index is 0.0189. The van der Waals surface area contributed by atoms with E-state index < -0.39 is 199 Å². The molecule has 27 heteroatoms. The number of hydrogen-bond acceptors (Lipinski definition) is 17. The van der Waals surface area contributed by atoms with Crippen molar-refractivity contribution in [3.05, 3.63) is 59.2 Å². The van der Waals surface area contributed by atoms with Crippen molar-refractivity contribution in [2.75, 3.05) is 32.0 Å². The minimum Gasteiger partial charge on any atom is -0.489 e. The van der Waals surface area contributed by atoms with Crippen LogP contribution in [0.3, 0.4) is 0 Å². The second-order valence-corrected chi connectivity index (χ2v) is 23.9. The van der Waals surface area contributed by atoms with Gasteiger partial charge in [-0.25, -0.2) is 0 Å². The number of carbonyl (C=O) groups is 11. The van der Waals surface area contributed by atoms with Crippen molar-refractivity contribution in [1.82, 2.24) is 41.8 Å². The monoisotopic (exact) mass is 1190 g/mol. The molecule has 3 aromatic rings. The van der Waals surface area contributed by atoms with Crippen LogP contribution in [0, 0.1) is 29.6 Å². The van der Waals surface area contributed by atoms with E-state index in [0.717, 1.165) is 4.90 Å². The van der Waals surface area contributed by atoms with Gasteiger partial charge in [-0.05, 0) is 54.0 Å². The average Bonchev–Trinajstić information content (AvgIpc) is 3.17. The third-order valence-corrected chi connectivity index (χ3v) is 17.2. The number of nitrogens with one attached hydrogen (secondary N) is 7. The van der Waals surface area contributed by atoms with Crippen LogP contribution in [0.4, 0.5) is 0 Å². The number of benzene rings is 2. The lowest BCUT2D eigenvalue weighted by molar-refractivity contribution is -0.145. The van der Waals surface area contributed by atoms with Gasteiger partial charge in [-0.15, -0.1) is 0 Å². The molecule has 2 bridgehead atoms. The summed E-state index contributed by atoms with van der Waals surface area (Å²) < 4.78 is 21.3. The molecule has 1 fully saturated rings. The number of carbonyl (C=O) groups excluding carboxylic acids is 11. The molecule has 1 saturated heterocycles. The van der Waals surface area contributed by atoms with Gasteiger partial charge in [-0.3, -0.25) is 56.9 Å². The number of Topliss-reactive ketones (excluding diaryl/α,β-unsaturated/α-hetero) is 3. The number of amides is 8. The van der Waals surface area contributed by atoms with Crippen LogP contribution in [0.2, 0.25) is 0 Å². The van der Waals surface area contributed by atoms with Crippen LogP contribution in [0.1, 0.15) is 90.3 Å². The number of aromatic nitrogens is 1. The predicted molar refractivity (Wildman–Crippen MR) is 303 cm³/mol. The van der Waals surface area contributed by atoms with E-state index in [1.807, 2.05) is 0 Å². The minimum atomic E-state index is -2.37. The molecule has 0 spiro atoms. The average molecular weight is 1190 g/mol. The Morgan fingerprint density at radius 1 is 0.833 bits per heavy atom. The van der Waals surface area contributed by atoms with E-state index in [2.05, 4.69) is 36.9 Å². The Balaban J connectivity index is 1.44. The number of rotatable bonds is 16. The lowest BCUT2D eigenvalue weighted by Gasteiger charge is -2.32. The highest BCUT2D eigenvalue weighted by Gasteiger charge is 2.45. The highest BCUT2D eigenvalue weighted by atomic mass is 32.2. The summed E-state index contributed by atoms with van der Waals surface area (Å²) >= 11 is 0. The zero-order valence-electron chi connectivity index (χ0n) is 47.9. The molecule has 0 saturated carbocycles. The Labute approximate surface area is 487 Å². The molecule has 0 aliphatic carbocycles. The first-order valence-corrected chi connectivity index (χ1v) is 29.4. The Kier molecular flexibility index (Phi) is 23.0. The zero-order valence-corrected chi connectivity index (χ0v) is 48.7. The van der Waals surface area contributed by atoms with Crippen molar-refractivity contribution in [3.63, 3.8) is 0 Å². The molecule has 2 unspecified atom stereocenters. The van der Waals surface area contributed by atoms with Crippen LogP contribution >= 0.6 is 0 Å². The number of nitrogens with zero attached hydrogens (tertiary/aromatic N) is 1. The van der Waals surface area contributed by atoms with Crippen molar-refractivity contribution in [2.24, 2.45) is 41.1 Å². The van der Waals surface area contributed by atoms with Crippen molar-refractivity contribution in [3.8, 4) is 5.75 Å². The first-order valence-electron chi connectivity index (χ1n) is 28.1. The van der Waals surface area contributed by atoms with Crippen molar-refractivity contribution in [2.45, 2.75) is 147 Å². The number of fused-ring (bicyclic) bond motifs is 5. The van der Waals surface area contributed by atoms with E-state index >= 15 is 4.21 Å². The van der Waals surface area contributed by atoms with E-state index in [1.54, 1.807) is 77.1 Å². The normalized spacial score (nSPS) is 25.4. The topological polar surface area (TPSA) is 418 Å². The number of nitrogens with two attached hydrogens (primary N) is 2. The summed E-state index contributed by atoms with van der Waals surface area (Å²) in [5.74, 6) is -14.4. The SMILES string of the molecule is CC[C@H](C)[C@@H]1NC(=O)CNC(=O)[C@H]2CC(=O)[C@H]([C@@H](C)[C@@H](O)CO)NC(=O)[C@@H]3C[C@@H](O)CN3C(=O)[C@H](CC(N)=O)CC(=O)[C@H](CS(=O)c3[nH]c4cc(OCc5ccc(CC(=O)[C@H](C)NC(=O)C(N)C(C)C)cc5)ccc4c3C2)NC(=O)CNC1=O. The smallest absolute Gasteiger partial charge is 0.243 e. The maximum atomic E-state index is 15.1. The van der Waals surface area contributed by atoms with Crippen LogP contribution in [-0.4, -0.2) is 174 Å². The molecule has 3 aliphatic heterocycles. The standard InChI is InChI=1S/C57H78N10O16S/c1-7-28(4)50-55(80)61-21-47(75)63-40-26-84(82)56-38(37-13-12-36(20-39(37)64-56)83-25-32-10-8-31(9-11-32)14-42(70)30(6)62-54(79)49(59)27(2)3)15-33(52(77)60-22-48(76)65-50)16-44(72)51(29(5)45(73)24-68)66-53(78)41-19-35(69)23-67(41)57(81)34(17-43(40)71)18-46(58)74/h8-13,20,27-30,33-35,40-41,45,49-51,64,68-69,73H,7,14-19,21-26,59H2,1-6H3,(H2,58,74)(H,60,77)(H,61,80)(H,62,79)(H,63,75)(H,65,76)(H,66,78)/t28-,29-,30-,33+,34-,35+,40-,41-,45-,49?,50-,51-,84?/m0/s1. The van der Waals surface area contributed by atoms with E-state index in [0.29, 0.717) is 22.9 Å². The summed E-state index contributed by atoms with van der Waals surface area (Å²) in [6.45, 7) is 7.13. The summed E-state index contributed by atoms with van der Waals surface area (Å²) in [7, 11) is -2.37. The summed E-state index contributed by atoms with van der Waals surface area (Å²) in [5.41, 5.74) is 13.4. The van der Waals surface area contributed by atoms with Crippen molar-refractivity contribution >= 4 is 86.3 Å². The maximum Gasteiger partial charge on any atom is 0.243 e. The molecule has 1 aromatic heterocycles. The number of primary amides is 1. The Morgan fingerprint density at radius 2 is 1.49 bits per heavy atom. The molecule has 3 aliphatic rings. The van der Waals surface area contributed by atoms with Crippen LogP contribution in [0.5, 0.6) is 5.75 Å². The number of aliphatic hydroxyl groups is 3. The maximum absolute atomic E-state index is 15.1. The van der Waals surface area contributed by atoms with Gasteiger partial charge in [0.05, 0.1) is 84.1 Å². The van der Waals surface area contributed by atoms with Crippen molar-refractivity contribution < 1.29 is 77.0 Å². The fourth-order valence-corrected chi connectivity index (χ4v) is 11.7. The predicted octanol–water partition coefficient (Wildman–Crippen LogP) is -2.27. The molecule has 0 radical (unpaired) electrons. The fraction of sp³-hybridized carbons (Fsp3) is 0.561. The Bertz CT molecular complexity index is 3010. The Hall–Kier alpha value is -7.46. The van der Waals surface area contributed by atoms with E-state index in [-0.39, 0.29) is 53.0 Å². The molecule has 458 valence electrons. The van der Waals surface area contributed by atoms with E-state index in [1.165, 1.54) is 6.92 Å². The van der Waals surface area contributed by atoms with Crippen LogP contribution in [0.25, 0.3) is 10.9 Å². The molecular formula is C57H78N10O16S. The summed E-state index contributed by atoms with van der Waals surface area (Å²) in [6, 6.07) is 4.00. The second kappa shape index (κ2) is 29.4. The van der Waals surface area contributed by atoms with Crippen LogP contribution < -0.4 is 48.1 Å². The van der Waals surface area contributed by atoms with Gasteiger partial charge in [0.1, 0.15) is 29.5 Å². The fourth-order valence-electron chi connectivity index (χ4n) is 10.3. The molecule has 6 rings (SSSR count). The van der Waals surface area contributed by atoms with E-state index in [4.69, 9.17) is 16.2 Å². The lowest BCUT2D eigenvalue weighted by Crippen LogP contribution is -2.56. The number of aliphatic hydroxyl groups excluding tert-OH is 3. The van der Waals surface area contributed by atoms with Gasteiger partial charge in [0, 0.05) is 61.9 Å². The molecule has 4 heterocycles. The summed E-state index contributed by atoms with van der Waals surface area (Å²) in [4.78, 5) is 156. The first kappa shape index (κ1) is 65.7. The summed E-state index contributed by atoms with van der Waals surface area (Å²) in [5, 5.41) is 47.4. The van der Waals surface area contributed by atoms with Gasteiger partial charge in [0.2, 0.25) is 47.3 Å². The van der Waals surface area contributed by atoms with Gasteiger partial charge in [0.25, 0.3) is 0 Å². The second-order valence-electron chi connectivity index (χ2n) is 22.5. The molecule has 2 aromatic carbocycles. The Morgan fingerprint density at radius 3 is 2.13 bits per heavy atom. The van der Waals surface area contributed by atoms with Gasteiger partial charge in [-0.1, -0.05) is 65.3 Å². The van der Waals surface area contributed by atoms with Gasteiger partial charge in [-0.2, -0.15) is 0 Å². The van der Waals surface area contributed by atoms with Crippen molar-refractivity contribution in [1.29, 1.82) is 0 Å². The number of ether oxygens (including phenoxy) is 1. The van der Waals surface area contributed by atoms with Crippen LogP contribution in [0.15, 0.2) is 47.5 Å². The molecule has 14 N–H and O–H groups in total. The number of hydrogen-bond donors (Lipinski definition) is 12. The first-order chi connectivity index (χ1) is 39.7. The molecular weight excluding hydrogens is 1110 g/mol. The molecule has 13 atom stereocenters. The van der Waals surface area contributed by atoms with Gasteiger partial charge in [0.15, 0.2) is 17.3 Å². The number of ketones is 3. The van der Waals surface area contributed by atoms with Crippen LogP contribution in [-0.2, 0) is 83.0 Å². The van der Waals surface area contributed by atoms with Gasteiger partial charge >= 0.3 is 0 Å².